The summed E-state index contributed by atoms with van der Waals surface area (Å²) in [4.78, 5) is 19.7. The maximum atomic E-state index is 13.1. The second-order valence-electron chi connectivity index (χ2n) is 5.77. The van der Waals surface area contributed by atoms with Gasteiger partial charge in [0.1, 0.15) is 17.1 Å². The van der Waals surface area contributed by atoms with Gasteiger partial charge in [-0.3, -0.25) is 4.79 Å². The minimum absolute atomic E-state index is 0.00532. The third-order valence-electron chi connectivity index (χ3n) is 3.77. The van der Waals surface area contributed by atoms with Crippen molar-refractivity contribution in [3.63, 3.8) is 0 Å². The molecule has 6 nitrogen and oxygen atoms in total. The molecule has 0 atom stereocenters. The zero-order valence-electron chi connectivity index (χ0n) is 15.2. The van der Waals surface area contributed by atoms with E-state index in [-0.39, 0.29) is 34.8 Å². The molecule has 1 amide bonds. The Morgan fingerprint density at radius 1 is 1.21 bits per heavy atom. The average Bonchev–Trinajstić information content (AvgIpc) is 3.25. The third kappa shape index (κ3) is 5.50. The zero-order chi connectivity index (χ0) is 20.9. The highest BCUT2D eigenvalue weighted by Gasteiger charge is 2.34. The normalized spacial score (nSPS) is 11.3. The van der Waals surface area contributed by atoms with E-state index in [1.807, 2.05) is 12.1 Å². The predicted octanol–water partition coefficient (Wildman–Crippen LogP) is 4.17. The fourth-order valence-electron chi connectivity index (χ4n) is 2.41. The molecule has 1 aromatic carbocycles. The van der Waals surface area contributed by atoms with Gasteiger partial charge in [-0.2, -0.15) is 13.2 Å². The van der Waals surface area contributed by atoms with E-state index in [4.69, 9.17) is 9.15 Å². The molecule has 29 heavy (non-hydrogen) atoms. The molecule has 0 saturated carbocycles. The van der Waals surface area contributed by atoms with Gasteiger partial charge >= 0.3 is 6.18 Å². The van der Waals surface area contributed by atoms with Gasteiger partial charge in [-0.25, -0.2) is 9.97 Å². The third-order valence-corrected chi connectivity index (χ3v) is 4.62. The van der Waals surface area contributed by atoms with Gasteiger partial charge in [0.15, 0.2) is 10.9 Å². The molecule has 0 radical (unpaired) electrons. The molecule has 0 aliphatic rings. The van der Waals surface area contributed by atoms with Gasteiger partial charge in [-0.1, -0.05) is 30.0 Å². The van der Waals surface area contributed by atoms with Crippen molar-refractivity contribution >= 4 is 17.7 Å². The van der Waals surface area contributed by atoms with Gasteiger partial charge in [0.05, 0.1) is 19.1 Å². The highest BCUT2D eigenvalue weighted by Crippen LogP contribution is 2.32. The minimum atomic E-state index is -4.65. The summed E-state index contributed by atoms with van der Waals surface area (Å²) in [5.41, 5.74) is -0.325. The van der Waals surface area contributed by atoms with E-state index in [1.165, 1.54) is 19.4 Å². The number of rotatable bonds is 7. The van der Waals surface area contributed by atoms with Gasteiger partial charge in [0.2, 0.25) is 5.91 Å². The van der Waals surface area contributed by atoms with E-state index in [0.717, 1.165) is 23.4 Å². The number of benzene rings is 1. The number of amides is 1. The van der Waals surface area contributed by atoms with Crippen LogP contribution in [0, 0.1) is 0 Å². The fourth-order valence-corrected chi connectivity index (χ4v) is 3.10. The first-order valence-electron chi connectivity index (χ1n) is 8.38. The Morgan fingerprint density at radius 3 is 2.69 bits per heavy atom. The molecule has 0 aliphatic carbocycles. The summed E-state index contributed by atoms with van der Waals surface area (Å²) < 4.78 is 49.8. The first kappa shape index (κ1) is 20.7. The van der Waals surface area contributed by atoms with Crippen molar-refractivity contribution in [2.24, 2.45) is 0 Å². The van der Waals surface area contributed by atoms with Gasteiger partial charge in [-0.05, 0) is 24.3 Å². The van der Waals surface area contributed by atoms with E-state index in [2.05, 4.69) is 15.3 Å². The van der Waals surface area contributed by atoms with Crippen LogP contribution in [0.15, 0.2) is 58.3 Å². The van der Waals surface area contributed by atoms with Crippen molar-refractivity contribution in [3.05, 3.63) is 60.0 Å². The number of hydrogen-bond donors (Lipinski definition) is 1. The second kappa shape index (κ2) is 8.99. The summed E-state index contributed by atoms with van der Waals surface area (Å²) >= 11 is 0.808. The molecule has 0 aliphatic heterocycles. The fraction of sp³-hybridized carbons (Fsp3) is 0.211. The number of furan rings is 1. The number of halogens is 3. The highest BCUT2D eigenvalue weighted by molar-refractivity contribution is 7.99. The number of nitrogens with one attached hydrogen (secondary N) is 1. The first-order valence-corrected chi connectivity index (χ1v) is 9.37. The van der Waals surface area contributed by atoms with E-state index in [1.54, 1.807) is 18.2 Å². The maximum absolute atomic E-state index is 13.1. The van der Waals surface area contributed by atoms with Crippen LogP contribution in [0.2, 0.25) is 0 Å². The number of carbonyl (C=O) groups is 1. The number of aromatic nitrogens is 2. The van der Waals surface area contributed by atoms with Crippen molar-refractivity contribution in [2.45, 2.75) is 17.9 Å². The van der Waals surface area contributed by atoms with Gasteiger partial charge in [-0.15, -0.1) is 0 Å². The van der Waals surface area contributed by atoms with Crippen molar-refractivity contribution in [3.8, 4) is 17.2 Å². The SMILES string of the molecule is COc1ccccc1CNC(=O)CSc1nc(-c2ccco2)cc(C(F)(F)F)n1. The zero-order valence-corrected chi connectivity index (χ0v) is 16.0. The van der Waals surface area contributed by atoms with Gasteiger partial charge < -0.3 is 14.5 Å². The molecule has 2 heterocycles. The lowest BCUT2D eigenvalue weighted by molar-refractivity contribution is -0.141. The Balaban J connectivity index is 1.68. The summed E-state index contributed by atoms with van der Waals surface area (Å²) in [7, 11) is 1.53. The van der Waals surface area contributed by atoms with E-state index in [9.17, 15) is 18.0 Å². The molecule has 10 heteroatoms. The van der Waals surface area contributed by atoms with Gasteiger partial charge in [0, 0.05) is 12.1 Å². The molecule has 2 aromatic heterocycles. The van der Waals surface area contributed by atoms with Crippen LogP contribution >= 0.6 is 11.8 Å². The Morgan fingerprint density at radius 2 is 2.00 bits per heavy atom. The van der Waals surface area contributed by atoms with Crippen molar-refractivity contribution < 1.29 is 27.1 Å². The molecule has 1 N–H and O–H groups in total. The van der Waals surface area contributed by atoms with Crippen LogP contribution in [-0.4, -0.2) is 28.7 Å². The molecule has 0 spiro atoms. The number of hydrogen-bond acceptors (Lipinski definition) is 6. The van der Waals surface area contributed by atoms with Crippen LogP contribution in [0.1, 0.15) is 11.3 Å². The molecule has 152 valence electrons. The average molecular weight is 423 g/mol. The molecular formula is C19H16F3N3O3S. The number of nitrogens with zero attached hydrogens (tertiary/aromatic N) is 2. The van der Waals surface area contributed by atoms with Crippen LogP contribution in [0.3, 0.4) is 0 Å². The lowest BCUT2D eigenvalue weighted by Gasteiger charge is -2.10. The predicted molar refractivity (Wildman–Crippen MR) is 100 cm³/mol. The van der Waals surface area contributed by atoms with Crippen molar-refractivity contribution in [1.29, 1.82) is 0 Å². The second-order valence-corrected chi connectivity index (χ2v) is 6.72. The standard InChI is InChI=1S/C19H16F3N3O3S/c1-27-14-6-3-2-5-12(14)10-23-17(26)11-29-18-24-13(15-7-4-8-28-15)9-16(25-18)19(20,21)22/h2-9H,10-11H2,1H3,(H,23,26). The van der Waals surface area contributed by atoms with E-state index in [0.29, 0.717) is 5.75 Å². The van der Waals surface area contributed by atoms with Crippen LogP contribution < -0.4 is 10.1 Å². The van der Waals surface area contributed by atoms with Crippen molar-refractivity contribution in [2.75, 3.05) is 12.9 Å². The number of ether oxygens (including phenoxy) is 1. The number of thioether (sulfide) groups is 1. The molecule has 3 aromatic rings. The summed E-state index contributed by atoms with van der Waals surface area (Å²) in [5.74, 6) is 0.292. The summed E-state index contributed by atoms with van der Waals surface area (Å²) in [6, 6.07) is 11.0. The number of methoxy groups -OCH3 is 1. The summed E-state index contributed by atoms with van der Waals surface area (Å²) in [6.07, 6.45) is -3.31. The number of para-hydroxylation sites is 1. The Bertz CT molecular complexity index is 978. The molecule has 3 rings (SSSR count). The lowest BCUT2D eigenvalue weighted by Crippen LogP contribution is -2.25. The van der Waals surface area contributed by atoms with Crippen LogP contribution in [0.25, 0.3) is 11.5 Å². The number of alkyl halides is 3. The summed E-state index contributed by atoms with van der Waals surface area (Å²) in [6.45, 7) is 0.227. The van der Waals surface area contributed by atoms with Crippen LogP contribution in [-0.2, 0) is 17.5 Å². The number of carbonyl (C=O) groups excluding carboxylic acids is 1. The minimum Gasteiger partial charge on any atom is -0.496 e. The van der Waals surface area contributed by atoms with Crippen LogP contribution in [0.5, 0.6) is 5.75 Å². The first-order chi connectivity index (χ1) is 13.9. The topological polar surface area (TPSA) is 77.2 Å². The molecular weight excluding hydrogens is 407 g/mol. The highest BCUT2D eigenvalue weighted by atomic mass is 32.2. The van der Waals surface area contributed by atoms with Crippen LogP contribution in [0.4, 0.5) is 13.2 Å². The molecule has 0 bridgehead atoms. The largest absolute Gasteiger partial charge is 0.496 e. The molecule has 0 unspecified atom stereocenters. The van der Waals surface area contributed by atoms with E-state index >= 15 is 0 Å². The quantitative estimate of drug-likeness (QED) is 0.454. The Kier molecular flexibility index (Phi) is 6.42. The molecule has 0 fully saturated rings. The van der Waals surface area contributed by atoms with Gasteiger partial charge in [0.25, 0.3) is 0 Å². The Hall–Kier alpha value is -3.01. The monoisotopic (exact) mass is 423 g/mol. The van der Waals surface area contributed by atoms with Crippen molar-refractivity contribution in [1.82, 2.24) is 15.3 Å². The maximum Gasteiger partial charge on any atom is 0.433 e. The van der Waals surface area contributed by atoms with E-state index < -0.39 is 11.9 Å². The summed E-state index contributed by atoms with van der Waals surface area (Å²) in [5, 5.41) is 2.53. The lowest BCUT2D eigenvalue weighted by atomic mass is 10.2. The molecule has 0 saturated heterocycles. The smallest absolute Gasteiger partial charge is 0.433 e. The Labute approximate surface area is 168 Å².